The molecule has 0 aromatic heterocycles. The van der Waals surface area contributed by atoms with Crippen LogP contribution in [0.1, 0.15) is 42.2 Å². The van der Waals surface area contributed by atoms with Crippen molar-refractivity contribution in [3.05, 3.63) is 101 Å². The third-order valence-electron chi connectivity index (χ3n) is 4.95. The number of imide groups is 1. The Morgan fingerprint density at radius 2 is 1.67 bits per heavy atom. The van der Waals surface area contributed by atoms with Crippen LogP contribution in [-0.4, -0.2) is 29.2 Å². The fourth-order valence-corrected chi connectivity index (χ4v) is 3.39. The average molecular weight is 395 g/mol. The first-order chi connectivity index (χ1) is 14.6. The number of amides is 3. The molecule has 3 aromatic carbocycles. The van der Waals surface area contributed by atoms with Gasteiger partial charge in [0.2, 0.25) is 0 Å². The Morgan fingerprint density at radius 3 is 2.43 bits per heavy atom. The SMILES string of the molecule is N#Cc1cccc(NC(=O)c2ccc3c(c2)C(=O)N(CCc2ccccc2)C3=O)c1. The minimum Gasteiger partial charge on any atom is -0.322 e. The molecule has 0 spiro atoms. The number of nitrogens with one attached hydrogen (secondary N) is 1. The number of nitrogens with zero attached hydrogens (tertiary/aromatic N) is 2. The van der Waals surface area contributed by atoms with Gasteiger partial charge in [-0.25, -0.2) is 0 Å². The summed E-state index contributed by atoms with van der Waals surface area (Å²) in [4.78, 5) is 39.2. The summed E-state index contributed by atoms with van der Waals surface area (Å²) in [5, 5.41) is 11.7. The molecule has 0 radical (unpaired) electrons. The standard InChI is InChI=1S/C24H17N3O3/c25-15-17-7-4-8-19(13-17)26-22(28)18-9-10-20-21(14-18)24(30)27(23(20)29)12-11-16-5-2-1-3-6-16/h1-10,13-14H,11-12H2,(H,26,28). The van der Waals surface area contributed by atoms with Gasteiger partial charge in [0.15, 0.2) is 0 Å². The third kappa shape index (κ3) is 3.69. The molecular formula is C24H17N3O3. The number of rotatable bonds is 5. The summed E-state index contributed by atoms with van der Waals surface area (Å²) >= 11 is 0. The second-order valence-corrected chi connectivity index (χ2v) is 6.90. The van der Waals surface area contributed by atoms with E-state index in [-0.39, 0.29) is 23.6 Å². The van der Waals surface area contributed by atoms with Crippen molar-refractivity contribution < 1.29 is 14.4 Å². The van der Waals surface area contributed by atoms with E-state index in [2.05, 4.69) is 5.32 Å². The van der Waals surface area contributed by atoms with E-state index in [4.69, 9.17) is 5.26 Å². The van der Waals surface area contributed by atoms with E-state index < -0.39 is 11.8 Å². The molecule has 0 saturated carbocycles. The van der Waals surface area contributed by atoms with Crippen molar-refractivity contribution >= 4 is 23.4 Å². The van der Waals surface area contributed by atoms with E-state index in [9.17, 15) is 14.4 Å². The number of hydrogen-bond acceptors (Lipinski definition) is 4. The topological polar surface area (TPSA) is 90.3 Å². The highest BCUT2D eigenvalue weighted by molar-refractivity contribution is 6.22. The Morgan fingerprint density at radius 1 is 0.900 bits per heavy atom. The van der Waals surface area contributed by atoms with Crippen molar-refractivity contribution in [3.63, 3.8) is 0 Å². The van der Waals surface area contributed by atoms with Crippen LogP contribution >= 0.6 is 0 Å². The highest BCUT2D eigenvalue weighted by Crippen LogP contribution is 2.25. The zero-order valence-corrected chi connectivity index (χ0v) is 16.0. The number of hydrogen-bond donors (Lipinski definition) is 1. The third-order valence-corrected chi connectivity index (χ3v) is 4.95. The lowest BCUT2D eigenvalue weighted by atomic mass is 10.1. The molecule has 0 saturated heterocycles. The van der Waals surface area contributed by atoms with Crippen LogP contribution in [0.2, 0.25) is 0 Å². The van der Waals surface area contributed by atoms with E-state index in [0.29, 0.717) is 23.2 Å². The Hall–Kier alpha value is -4.24. The van der Waals surface area contributed by atoms with E-state index in [0.717, 1.165) is 5.56 Å². The molecule has 0 unspecified atom stereocenters. The molecule has 3 aromatic rings. The monoisotopic (exact) mass is 395 g/mol. The van der Waals surface area contributed by atoms with Gasteiger partial charge >= 0.3 is 0 Å². The van der Waals surface area contributed by atoms with Crippen molar-refractivity contribution in [1.29, 1.82) is 5.26 Å². The molecule has 0 aliphatic carbocycles. The minimum absolute atomic E-state index is 0.228. The molecule has 0 atom stereocenters. The van der Waals surface area contributed by atoms with Gasteiger partial charge in [0.1, 0.15) is 0 Å². The quantitative estimate of drug-likeness (QED) is 0.668. The Kier molecular flexibility index (Phi) is 5.10. The van der Waals surface area contributed by atoms with Crippen LogP contribution in [0.5, 0.6) is 0 Å². The smallest absolute Gasteiger partial charge is 0.261 e. The maximum atomic E-state index is 12.8. The van der Waals surface area contributed by atoms with Crippen LogP contribution in [0.15, 0.2) is 72.8 Å². The molecule has 0 bridgehead atoms. The molecule has 1 N–H and O–H groups in total. The molecule has 30 heavy (non-hydrogen) atoms. The van der Waals surface area contributed by atoms with Crippen molar-refractivity contribution in [2.24, 2.45) is 0 Å². The number of nitriles is 1. The molecule has 4 rings (SSSR count). The van der Waals surface area contributed by atoms with Gasteiger partial charge < -0.3 is 5.32 Å². The largest absolute Gasteiger partial charge is 0.322 e. The lowest BCUT2D eigenvalue weighted by Crippen LogP contribution is -2.31. The zero-order valence-electron chi connectivity index (χ0n) is 16.0. The minimum atomic E-state index is -0.420. The summed E-state index contributed by atoms with van der Waals surface area (Å²) in [6, 6.07) is 22.7. The van der Waals surface area contributed by atoms with Gasteiger partial charge in [-0.2, -0.15) is 5.26 Å². The highest BCUT2D eigenvalue weighted by atomic mass is 16.2. The Bertz CT molecular complexity index is 1200. The highest BCUT2D eigenvalue weighted by Gasteiger charge is 2.35. The Labute approximate surface area is 173 Å². The van der Waals surface area contributed by atoms with E-state index in [1.807, 2.05) is 36.4 Å². The predicted octanol–water partition coefficient (Wildman–Crippen LogP) is 3.65. The number of carbonyl (C=O) groups excluding carboxylic acids is 3. The van der Waals surface area contributed by atoms with Crippen LogP contribution < -0.4 is 5.32 Å². The first-order valence-electron chi connectivity index (χ1n) is 9.42. The molecular weight excluding hydrogens is 378 g/mol. The fourth-order valence-electron chi connectivity index (χ4n) is 3.39. The molecule has 146 valence electrons. The van der Waals surface area contributed by atoms with E-state index >= 15 is 0 Å². The second kappa shape index (κ2) is 8.02. The summed E-state index contributed by atoms with van der Waals surface area (Å²) in [5.41, 5.74) is 2.74. The number of anilines is 1. The van der Waals surface area contributed by atoms with Crippen molar-refractivity contribution in [1.82, 2.24) is 4.90 Å². The number of benzene rings is 3. The second-order valence-electron chi connectivity index (χ2n) is 6.90. The average Bonchev–Trinajstić information content (AvgIpc) is 3.02. The van der Waals surface area contributed by atoms with Crippen LogP contribution in [0.25, 0.3) is 0 Å². The molecule has 1 aliphatic rings. The summed E-state index contributed by atoms with van der Waals surface area (Å²) in [5.74, 6) is -1.16. The van der Waals surface area contributed by atoms with Crippen LogP contribution in [-0.2, 0) is 6.42 Å². The molecule has 6 heteroatoms. The first-order valence-corrected chi connectivity index (χ1v) is 9.42. The van der Waals surface area contributed by atoms with Gasteiger partial charge in [-0.3, -0.25) is 19.3 Å². The van der Waals surface area contributed by atoms with Crippen molar-refractivity contribution in [2.75, 3.05) is 11.9 Å². The van der Waals surface area contributed by atoms with Crippen LogP contribution in [0, 0.1) is 11.3 Å². The molecule has 3 amide bonds. The van der Waals surface area contributed by atoms with Crippen LogP contribution in [0.3, 0.4) is 0 Å². The maximum absolute atomic E-state index is 12.8. The van der Waals surface area contributed by atoms with Crippen molar-refractivity contribution in [2.45, 2.75) is 6.42 Å². The van der Waals surface area contributed by atoms with Gasteiger partial charge in [0.25, 0.3) is 17.7 Å². The Balaban J connectivity index is 1.51. The van der Waals surface area contributed by atoms with E-state index in [1.165, 1.54) is 23.1 Å². The van der Waals surface area contributed by atoms with Crippen LogP contribution in [0.4, 0.5) is 5.69 Å². The van der Waals surface area contributed by atoms with Gasteiger partial charge in [-0.05, 0) is 48.4 Å². The van der Waals surface area contributed by atoms with Gasteiger partial charge in [0.05, 0.1) is 22.8 Å². The lowest BCUT2D eigenvalue weighted by molar-refractivity contribution is 0.0656. The first kappa shape index (κ1) is 19.1. The normalized spacial score (nSPS) is 12.4. The fraction of sp³-hybridized carbons (Fsp3) is 0.0833. The predicted molar refractivity (Wildman–Crippen MR) is 111 cm³/mol. The van der Waals surface area contributed by atoms with Gasteiger partial charge in [-0.15, -0.1) is 0 Å². The summed E-state index contributed by atoms with van der Waals surface area (Å²) in [6.07, 6.45) is 0.564. The summed E-state index contributed by atoms with van der Waals surface area (Å²) in [7, 11) is 0. The molecule has 1 aliphatic heterocycles. The lowest BCUT2D eigenvalue weighted by Gasteiger charge is -2.13. The zero-order chi connectivity index (χ0) is 21.1. The van der Waals surface area contributed by atoms with Gasteiger partial charge in [-0.1, -0.05) is 36.4 Å². The molecule has 1 heterocycles. The van der Waals surface area contributed by atoms with Crippen molar-refractivity contribution in [3.8, 4) is 6.07 Å². The number of fused-ring (bicyclic) bond motifs is 1. The summed E-state index contributed by atoms with van der Waals surface area (Å²) in [6.45, 7) is 0.277. The summed E-state index contributed by atoms with van der Waals surface area (Å²) < 4.78 is 0. The van der Waals surface area contributed by atoms with E-state index in [1.54, 1.807) is 24.3 Å². The molecule has 6 nitrogen and oxygen atoms in total. The maximum Gasteiger partial charge on any atom is 0.261 e. The van der Waals surface area contributed by atoms with Gasteiger partial charge in [0, 0.05) is 17.8 Å². The molecule has 0 fully saturated rings. The number of carbonyl (C=O) groups is 3.